The van der Waals surface area contributed by atoms with Gasteiger partial charge in [0.2, 0.25) is 0 Å². The number of H-pyrrole nitrogens is 1. The van der Waals surface area contributed by atoms with E-state index in [2.05, 4.69) is 38.6 Å². The molecule has 2 amide bonds. The molecule has 9 heteroatoms. The number of aryl methyl sites for hydroxylation is 1. The summed E-state index contributed by atoms with van der Waals surface area (Å²) in [7, 11) is 1.98. The molecule has 0 aliphatic carbocycles. The van der Waals surface area contributed by atoms with Crippen LogP contribution in [0.4, 0.5) is 0 Å². The molecular formula is C28H39N7O2. The summed E-state index contributed by atoms with van der Waals surface area (Å²) in [5, 5.41) is 0. The van der Waals surface area contributed by atoms with Crippen molar-refractivity contribution in [3.8, 4) is 0 Å². The molecule has 4 rings (SSSR count). The summed E-state index contributed by atoms with van der Waals surface area (Å²) >= 11 is 0. The van der Waals surface area contributed by atoms with Crippen molar-refractivity contribution in [1.29, 1.82) is 0 Å². The van der Waals surface area contributed by atoms with Crippen molar-refractivity contribution in [3.05, 3.63) is 71.3 Å². The summed E-state index contributed by atoms with van der Waals surface area (Å²) in [4.78, 5) is 44.3. The minimum atomic E-state index is -0.178. The number of hydrogen-bond donors (Lipinski definition) is 1. The maximum absolute atomic E-state index is 13.2. The molecule has 0 spiro atoms. The van der Waals surface area contributed by atoms with Crippen molar-refractivity contribution in [2.24, 2.45) is 7.05 Å². The number of aromatic amines is 1. The van der Waals surface area contributed by atoms with Gasteiger partial charge in [0, 0.05) is 44.9 Å². The quantitative estimate of drug-likeness (QED) is 0.249. The largest absolute Gasteiger partial charge is 0.348 e. The lowest BCUT2D eigenvalue weighted by Crippen LogP contribution is -2.32. The van der Waals surface area contributed by atoms with Gasteiger partial charge >= 0.3 is 0 Å². The lowest BCUT2D eigenvalue weighted by molar-refractivity contribution is 0.0650. The molecule has 9 nitrogen and oxygen atoms in total. The Hall–Kier alpha value is -3.30. The second-order valence-corrected chi connectivity index (χ2v) is 9.83. The van der Waals surface area contributed by atoms with E-state index in [0.717, 1.165) is 62.5 Å². The van der Waals surface area contributed by atoms with Gasteiger partial charge in [-0.25, -0.2) is 9.97 Å². The smallest absolute Gasteiger partial charge is 0.261 e. The maximum Gasteiger partial charge on any atom is 0.261 e. The number of unbranched alkanes of at least 4 members (excludes halogenated alkanes) is 1. The molecule has 198 valence electrons. The molecule has 3 heterocycles. The zero-order valence-corrected chi connectivity index (χ0v) is 22.3. The SMILES string of the molecule is CCCN(CCC)CCCCN1C(=O)c2ccc(CN(Cc3ncc[nH]3)Cc3nccn3C)cc2C1=O. The van der Waals surface area contributed by atoms with Gasteiger partial charge in [-0.05, 0) is 63.0 Å². The van der Waals surface area contributed by atoms with E-state index in [1.807, 2.05) is 36.1 Å². The molecule has 0 fully saturated rings. The van der Waals surface area contributed by atoms with Crippen LogP contribution in [0.5, 0.6) is 0 Å². The second-order valence-electron chi connectivity index (χ2n) is 9.83. The van der Waals surface area contributed by atoms with Gasteiger partial charge in [-0.1, -0.05) is 19.9 Å². The third kappa shape index (κ3) is 6.72. The van der Waals surface area contributed by atoms with Crippen LogP contribution in [0.15, 0.2) is 43.0 Å². The molecular weight excluding hydrogens is 466 g/mol. The van der Waals surface area contributed by atoms with E-state index >= 15 is 0 Å². The molecule has 1 N–H and O–H groups in total. The monoisotopic (exact) mass is 505 g/mol. The van der Waals surface area contributed by atoms with Crippen molar-refractivity contribution >= 4 is 11.8 Å². The molecule has 0 atom stereocenters. The summed E-state index contributed by atoms with van der Waals surface area (Å²) in [6.07, 6.45) is 11.4. The normalized spacial score (nSPS) is 13.4. The first-order chi connectivity index (χ1) is 18.0. The predicted octanol–water partition coefficient (Wildman–Crippen LogP) is 3.84. The number of hydrogen-bond acceptors (Lipinski definition) is 6. The van der Waals surface area contributed by atoms with Gasteiger partial charge in [0.15, 0.2) is 0 Å². The Bertz CT molecular complexity index is 1170. The molecule has 1 aliphatic rings. The number of carbonyl (C=O) groups excluding carboxylic acids is 2. The first kappa shape index (κ1) is 26.8. The lowest BCUT2D eigenvalue weighted by atomic mass is 10.1. The highest BCUT2D eigenvalue weighted by atomic mass is 16.2. The highest BCUT2D eigenvalue weighted by molar-refractivity contribution is 6.21. The van der Waals surface area contributed by atoms with Crippen LogP contribution in [-0.2, 0) is 26.7 Å². The number of nitrogens with zero attached hydrogens (tertiary/aromatic N) is 6. The Morgan fingerprint density at radius 3 is 2.32 bits per heavy atom. The molecule has 0 unspecified atom stereocenters. The van der Waals surface area contributed by atoms with Crippen LogP contribution >= 0.6 is 0 Å². The lowest BCUT2D eigenvalue weighted by Gasteiger charge is -2.21. The number of aromatic nitrogens is 4. The molecule has 1 aliphatic heterocycles. The molecule has 0 saturated carbocycles. The van der Waals surface area contributed by atoms with E-state index in [-0.39, 0.29) is 11.8 Å². The second kappa shape index (κ2) is 12.8. The van der Waals surface area contributed by atoms with Gasteiger partial charge in [-0.3, -0.25) is 19.4 Å². The topological polar surface area (TPSA) is 90.4 Å². The molecule has 0 radical (unpaired) electrons. The zero-order valence-electron chi connectivity index (χ0n) is 22.3. The van der Waals surface area contributed by atoms with Crippen molar-refractivity contribution in [3.63, 3.8) is 0 Å². The Morgan fingerprint density at radius 2 is 1.65 bits per heavy atom. The summed E-state index contributed by atoms with van der Waals surface area (Å²) in [6.45, 7) is 9.92. The first-order valence-corrected chi connectivity index (χ1v) is 13.4. The van der Waals surface area contributed by atoms with E-state index in [4.69, 9.17) is 0 Å². The number of imidazole rings is 2. The Labute approximate surface area is 219 Å². The minimum absolute atomic E-state index is 0.175. The summed E-state index contributed by atoms with van der Waals surface area (Å²) in [5.41, 5.74) is 2.00. The van der Waals surface area contributed by atoms with Crippen LogP contribution in [0, 0.1) is 0 Å². The first-order valence-electron chi connectivity index (χ1n) is 13.4. The van der Waals surface area contributed by atoms with Crippen LogP contribution in [0.3, 0.4) is 0 Å². The number of rotatable bonds is 15. The van der Waals surface area contributed by atoms with Gasteiger partial charge in [0.25, 0.3) is 11.8 Å². The van der Waals surface area contributed by atoms with Crippen molar-refractivity contribution in [1.82, 2.24) is 34.2 Å². The van der Waals surface area contributed by atoms with Crippen molar-refractivity contribution < 1.29 is 9.59 Å². The van der Waals surface area contributed by atoms with Gasteiger partial charge in [-0.15, -0.1) is 0 Å². The van der Waals surface area contributed by atoms with E-state index in [0.29, 0.717) is 37.3 Å². The molecule has 0 saturated heterocycles. The summed E-state index contributed by atoms with van der Waals surface area (Å²) in [6, 6.07) is 5.64. The molecule has 2 aromatic heterocycles. The van der Waals surface area contributed by atoms with E-state index in [9.17, 15) is 9.59 Å². The zero-order chi connectivity index (χ0) is 26.2. The fourth-order valence-corrected chi connectivity index (χ4v) is 4.98. The maximum atomic E-state index is 13.2. The van der Waals surface area contributed by atoms with E-state index in [1.165, 1.54) is 4.90 Å². The van der Waals surface area contributed by atoms with Gasteiger partial charge in [0.05, 0.1) is 24.2 Å². The Kier molecular flexibility index (Phi) is 9.24. The third-order valence-corrected chi connectivity index (χ3v) is 6.84. The Balaban J connectivity index is 1.40. The van der Waals surface area contributed by atoms with E-state index < -0.39 is 0 Å². The fourth-order valence-electron chi connectivity index (χ4n) is 4.98. The van der Waals surface area contributed by atoms with Crippen molar-refractivity contribution in [2.45, 2.75) is 59.2 Å². The van der Waals surface area contributed by atoms with Crippen LogP contribution in [0.25, 0.3) is 0 Å². The number of amides is 2. The highest BCUT2D eigenvalue weighted by Crippen LogP contribution is 2.25. The van der Waals surface area contributed by atoms with Crippen LogP contribution in [-0.4, -0.2) is 72.2 Å². The molecule has 1 aromatic carbocycles. The number of fused-ring (bicyclic) bond motifs is 1. The van der Waals surface area contributed by atoms with Crippen LogP contribution in [0.2, 0.25) is 0 Å². The predicted molar refractivity (Wildman–Crippen MR) is 143 cm³/mol. The van der Waals surface area contributed by atoms with Gasteiger partial charge < -0.3 is 14.5 Å². The summed E-state index contributed by atoms with van der Waals surface area (Å²) in [5.74, 6) is 1.46. The highest BCUT2D eigenvalue weighted by Gasteiger charge is 2.35. The Morgan fingerprint density at radius 1 is 0.865 bits per heavy atom. The van der Waals surface area contributed by atoms with Gasteiger partial charge in [-0.2, -0.15) is 0 Å². The summed E-state index contributed by atoms with van der Waals surface area (Å²) < 4.78 is 2.00. The number of imide groups is 1. The average molecular weight is 506 g/mol. The number of carbonyl (C=O) groups is 2. The third-order valence-electron chi connectivity index (χ3n) is 6.84. The number of benzene rings is 1. The van der Waals surface area contributed by atoms with Crippen molar-refractivity contribution in [2.75, 3.05) is 26.2 Å². The van der Waals surface area contributed by atoms with Gasteiger partial charge in [0.1, 0.15) is 11.6 Å². The molecule has 0 bridgehead atoms. The standard InChI is InChI=1S/C28H39N7O2/c1-4-13-33(14-5-2)15-6-7-16-35-27(36)23-9-8-22(18-24(23)28(35)37)19-34(20-25-29-10-11-30-25)21-26-31-12-17-32(26)3/h8-12,17-18H,4-7,13-16,19-21H2,1-3H3,(H,29,30). The fraction of sp³-hybridized carbons (Fsp3) is 0.500. The van der Waals surface area contributed by atoms with Crippen LogP contribution in [0.1, 0.15) is 77.5 Å². The minimum Gasteiger partial charge on any atom is -0.348 e. The number of nitrogens with one attached hydrogen (secondary N) is 1. The van der Waals surface area contributed by atoms with Crippen LogP contribution < -0.4 is 0 Å². The molecule has 37 heavy (non-hydrogen) atoms. The van der Waals surface area contributed by atoms with E-state index in [1.54, 1.807) is 18.5 Å². The average Bonchev–Trinajstić information content (AvgIpc) is 3.59. The molecule has 3 aromatic rings.